The van der Waals surface area contributed by atoms with Gasteiger partial charge in [0, 0.05) is 16.1 Å². The number of aromatic nitrogens is 2. The van der Waals surface area contributed by atoms with E-state index >= 15 is 0 Å². The van der Waals surface area contributed by atoms with E-state index in [9.17, 15) is 13.6 Å². The molecule has 1 N–H and O–H groups in total. The fraction of sp³-hybridized carbons (Fsp3) is 0. The smallest absolute Gasteiger partial charge is 0.322 e. The van der Waals surface area contributed by atoms with Crippen molar-refractivity contribution in [2.45, 2.75) is 0 Å². The largest absolute Gasteiger partial charge is 0.403 e. The second kappa shape index (κ2) is 6.25. The summed E-state index contributed by atoms with van der Waals surface area (Å²) in [5.74, 6) is -2.36. The second-order valence-corrected chi connectivity index (χ2v) is 5.42. The van der Waals surface area contributed by atoms with Crippen LogP contribution in [0.3, 0.4) is 0 Å². The molecule has 0 radical (unpaired) electrons. The van der Waals surface area contributed by atoms with Gasteiger partial charge in [0.2, 0.25) is 5.89 Å². The van der Waals surface area contributed by atoms with Gasteiger partial charge in [-0.2, -0.15) is 0 Å². The average molecular weight is 380 g/mol. The number of hydrogen-bond donors (Lipinski definition) is 1. The Labute approximate surface area is 137 Å². The van der Waals surface area contributed by atoms with Crippen molar-refractivity contribution in [1.82, 2.24) is 10.2 Å². The Hall–Kier alpha value is -2.61. The van der Waals surface area contributed by atoms with E-state index in [1.807, 2.05) is 6.07 Å². The van der Waals surface area contributed by atoms with Crippen molar-refractivity contribution in [2.75, 3.05) is 5.32 Å². The summed E-state index contributed by atoms with van der Waals surface area (Å²) in [5.41, 5.74) is 0.328. The maximum absolute atomic E-state index is 13.5. The molecule has 0 saturated carbocycles. The number of amides is 1. The molecule has 0 spiro atoms. The Morgan fingerprint density at radius 1 is 1.13 bits per heavy atom. The van der Waals surface area contributed by atoms with E-state index < -0.39 is 17.5 Å². The van der Waals surface area contributed by atoms with E-state index in [-0.39, 0.29) is 17.5 Å². The second-order valence-electron chi connectivity index (χ2n) is 4.50. The minimum Gasteiger partial charge on any atom is -0.403 e. The van der Waals surface area contributed by atoms with Crippen molar-refractivity contribution in [3.8, 4) is 11.5 Å². The van der Waals surface area contributed by atoms with Crippen LogP contribution in [0.1, 0.15) is 10.4 Å². The summed E-state index contributed by atoms with van der Waals surface area (Å²) in [6, 6.07) is 9.59. The first-order valence-corrected chi connectivity index (χ1v) is 7.18. The molecule has 0 atom stereocenters. The van der Waals surface area contributed by atoms with Gasteiger partial charge in [0.15, 0.2) is 0 Å². The van der Waals surface area contributed by atoms with Crippen molar-refractivity contribution >= 4 is 27.9 Å². The monoisotopic (exact) mass is 379 g/mol. The molecule has 0 aliphatic carbocycles. The fourth-order valence-electron chi connectivity index (χ4n) is 1.85. The first-order chi connectivity index (χ1) is 11.0. The van der Waals surface area contributed by atoms with Crippen LogP contribution in [0.2, 0.25) is 0 Å². The van der Waals surface area contributed by atoms with E-state index in [1.54, 1.807) is 18.2 Å². The van der Waals surface area contributed by atoms with Crippen LogP contribution < -0.4 is 5.32 Å². The number of carbonyl (C=O) groups excluding carboxylic acids is 1. The average Bonchev–Trinajstić information content (AvgIpc) is 2.95. The Morgan fingerprint density at radius 3 is 2.70 bits per heavy atom. The van der Waals surface area contributed by atoms with Crippen LogP contribution in [0.4, 0.5) is 14.8 Å². The standard InChI is InChI=1S/C15H8BrF2N3O2/c16-9-3-1-2-8(6-9)14-20-21-15(23-14)19-13(22)11-5-4-10(17)7-12(11)18/h1-7H,(H,19,21,22). The number of hydrogen-bond acceptors (Lipinski definition) is 4. The predicted molar refractivity (Wildman–Crippen MR) is 81.7 cm³/mol. The molecule has 3 rings (SSSR count). The third-order valence-electron chi connectivity index (χ3n) is 2.89. The predicted octanol–water partition coefficient (Wildman–Crippen LogP) is 4.03. The Bertz CT molecular complexity index is 883. The number of nitrogens with zero attached hydrogens (tertiary/aromatic N) is 2. The molecule has 0 aliphatic rings. The molecule has 2 aromatic carbocycles. The van der Waals surface area contributed by atoms with Gasteiger partial charge in [0.25, 0.3) is 5.91 Å². The molecule has 0 bridgehead atoms. The Kier molecular flexibility index (Phi) is 4.16. The third-order valence-corrected chi connectivity index (χ3v) is 3.39. The number of benzene rings is 2. The molecule has 1 heterocycles. The fourth-order valence-corrected chi connectivity index (χ4v) is 2.25. The molecular formula is C15H8BrF2N3O2. The van der Waals surface area contributed by atoms with Gasteiger partial charge in [0.1, 0.15) is 11.6 Å². The number of carbonyl (C=O) groups is 1. The molecule has 0 fully saturated rings. The van der Waals surface area contributed by atoms with Crippen molar-refractivity contribution in [2.24, 2.45) is 0 Å². The number of anilines is 1. The van der Waals surface area contributed by atoms with Crippen molar-refractivity contribution in [3.63, 3.8) is 0 Å². The van der Waals surface area contributed by atoms with E-state index in [2.05, 4.69) is 31.4 Å². The quantitative estimate of drug-likeness (QED) is 0.745. The van der Waals surface area contributed by atoms with Crippen LogP contribution in [0.25, 0.3) is 11.5 Å². The summed E-state index contributed by atoms with van der Waals surface area (Å²) in [6.45, 7) is 0. The van der Waals surface area contributed by atoms with Crippen molar-refractivity contribution in [3.05, 3.63) is 64.1 Å². The molecule has 0 aliphatic heterocycles. The van der Waals surface area contributed by atoms with Gasteiger partial charge < -0.3 is 4.42 Å². The summed E-state index contributed by atoms with van der Waals surface area (Å²) in [5, 5.41) is 9.75. The summed E-state index contributed by atoms with van der Waals surface area (Å²) < 4.78 is 32.5. The van der Waals surface area contributed by atoms with Gasteiger partial charge in [0.05, 0.1) is 5.56 Å². The molecule has 5 nitrogen and oxygen atoms in total. The highest BCUT2D eigenvalue weighted by atomic mass is 79.9. The lowest BCUT2D eigenvalue weighted by Gasteiger charge is -2.02. The zero-order chi connectivity index (χ0) is 16.4. The normalized spacial score (nSPS) is 10.6. The molecule has 0 unspecified atom stereocenters. The highest BCUT2D eigenvalue weighted by Crippen LogP contribution is 2.23. The van der Waals surface area contributed by atoms with Crippen LogP contribution in [-0.4, -0.2) is 16.1 Å². The minimum absolute atomic E-state index is 0.186. The molecular weight excluding hydrogens is 372 g/mol. The van der Waals surface area contributed by atoms with Gasteiger partial charge in [-0.15, -0.1) is 5.10 Å². The molecule has 23 heavy (non-hydrogen) atoms. The molecule has 1 aromatic heterocycles. The highest BCUT2D eigenvalue weighted by Gasteiger charge is 2.16. The third kappa shape index (κ3) is 3.42. The van der Waals surface area contributed by atoms with E-state index in [0.717, 1.165) is 16.6 Å². The summed E-state index contributed by atoms with van der Waals surface area (Å²) in [6.07, 6.45) is 0. The number of halogens is 3. The summed E-state index contributed by atoms with van der Waals surface area (Å²) >= 11 is 3.32. The van der Waals surface area contributed by atoms with Gasteiger partial charge >= 0.3 is 6.01 Å². The van der Waals surface area contributed by atoms with E-state index in [4.69, 9.17) is 4.42 Å². The highest BCUT2D eigenvalue weighted by molar-refractivity contribution is 9.10. The lowest BCUT2D eigenvalue weighted by molar-refractivity contribution is 0.102. The van der Waals surface area contributed by atoms with Crippen LogP contribution in [0.5, 0.6) is 0 Å². The lowest BCUT2D eigenvalue weighted by atomic mass is 10.2. The summed E-state index contributed by atoms with van der Waals surface area (Å²) in [4.78, 5) is 11.9. The first-order valence-electron chi connectivity index (χ1n) is 6.39. The van der Waals surface area contributed by atoms with E-state index in [1.165, 1.54) is 0 Å². The molecule has 8 heteroatoms. The van der Waals surface area contributed by atoms with Crippen LogP contribution in [-0.2, 0) is 0 Å². The molecule has 3 aromatic rings. The maximum atomic E-state index is 13.5. The maximum Gasteiger partial charge on any atom is 0.322 e. The SMILES string of the molecule is O=C(Nc1nnc(-c2cccc(Br)c2)o1)c1ccc(F)cc1F. The van der Waals surface area contributed by atoms with Crippen LogP contribution in [0, 0.1) is 11.6 Å². The molecule has 1 amide bonds. The first kappa shape index (κ1) is 15.3. The lowest BCUT2D eigenvalue weighted by Crippen LogP contribution is -2.14. The number of rotatable bonds is 3. The number of nitrogens with one attached hydrogen (secondary N) is 1. The Balaban J connectivity index is 1.80. The minimum atomic E-state index is -0.978. The van der Waals surface area contributed by atoms with Crippen LogP contribution >= 0.6 is 15.9 Å². The van der Waals surface area contributed by atoms with Gasteiger partial charge in [-0.1, -0.05) is 27.1 Å². The van der Waals surface area contributed by atoms with Crippen molar-refractivity contribution < 1.29 is 18.0 Å². The van der Waals surface area contributed by atoms with E-state index in [0.29, 0.717) is 11.6 Å². The summed E-state index contributed by atoms with van der Waals surface area (Å²) in [7, 11) is 0. The van der Waals surface area contributed by atoms with Gasteiger partial charge in [-0.25, -0.2) is 8.78 Å². The Morgan fingerprint density at radius 2 is 1.96 bits per heavy atom. The van der Waals surface area contributed by atoms with Crippen molar-refractivity contribution in [1.29, 1.82) is 0 Å². The molecule has 0 saturated heterocycles. The van der Waals surface area contributed by atoms with Gasteiger partial charge in [-0.05, 0) is 30.3 Å². The zero-order valence-corrected chi connectivity index (χ0v) is 13.0. The molecule has 116 valence electrons. The van der Waals surface area contributed by atoms with Crippen LogP contribution in [0.15, 0.2) is 51.4 Å². The van der Waals surface area contributed by atoms with Gasteiger partial charge in [-0.3, -0.25) is 10.1 Å². The topological polar surface area (TPSA) is 68.0 Å². The zero-order valence-electron chi connectivity index (χ0n) is 11.4.